The van der Waals surface area contributed by atoms with Crippen LogP contribution in [0.1, 0.15) is 37.3 Å². The molecule has 2 nitrogen and oxygen atoms in total. The molecule has 0 radical (unpaired) electrons. The van der Waals surface area contributed by atoms with Crippen LogP contribution in [0.4, 0.5) is 0 Å². The van der Waals surface area contributed by atoms with Gasteiger partial charge >= 0.3 is 0 Å². The quantitative estimate of drug-likeness (QED) is 0.816. The van der Waals surface area contributed by atoms with Gasteiger partial charge in [-0.15, -0.1) is 11.3 Å². The Bertz CT molecular complexity index is 502. The van der Waals surface area contributed by atoms with Gasteiger partial charge < -0.3 is 10.1 Å². The number of hydrogen-bond acceptors (Lipinski definition) is 3. The van der Waals surface area contributed by atoms with Gasteiger partial charge in [-0.05, 0) is 37.8 Å². The molecule has 2 rings (SSSR count). The van der Waals surface area contributed by atoms with E-state index in [9.17, 15) is 0 Å². The van der Waals surface area contributed by atoms with Crippen molar-refractivity contribution in [1.29, 1.82) is 0 Å². The molecular formula is C18H25NOS. The molecule has 1 atom stereocenters. The maximum atomic E-state index is 6.14. The lowest BCUT2D eigenvalue weighted by molar-refractivity contribution is 0.0506. The molecule has 0 aliphatic rings. The second kappa shape index (κ2) is 7.74. The molecule has 0 spiro atoms. The molecule has 1 unspecified atom stereocenters. The third-order valence-electron chi connectivity index (χ3n) is 3.24. The van der Waals surface area contributed by atoms with E-state index < -0.39 is 0 Å². The maximum absolute atomic E-state index is 6.14. The van der Waals surface area contributed by atoms with E-state index in [1.165, 1.54) is 10.4 Å². The van der Waals surface area contributed by atoms with Crippen LogP contribution in [0.5, 0.6) is 0 Å². The van der Waals surface area contributed by atoms with Crippen molar-refractivity contribution in [2.45, 2.75) is 38.8 Å². The molecule has 0 bridgehead atoms. The van der Waals surface area contributed by atoms with Crippen LogP contribution < -0.4 is 5.32 Å². The van der Waals surface area contributed by atoms with Gasteiger partial charge in [0.1, 0.15) is 0 Å². The molecule has 0 saturated carbocycles. The Hall–Kier alpha value is -1.16. The van der Waals surface area contributed by atoms with Gasteiger partial charge in [-0.2, -0.15) is 0 Å². The van der Waals surface area contributed by atoms with E-state index in [2.05, 4.69) is 67.9 Å². The third-order valence-corrected chi connectivity index (χ3v) is 4.17. The second-order valence-corrected chi connectivity index (χ2v) is 7.26. The molecule has 0 aliphatic carbocycles. The Morgan fingerprint density at radius 1 is 1.10 bits per heavy atom. The minimum atomic E-state index is 0.101. The topological polar surface area (TPSA) is 21.3 Å². The predicted octanol–water partition coefficient (Wildman–Crippen LogP) is 4.44. The smallest absolute Gasteiger partial charge is 0.0949 e. The molecule has 0 fully saturated rings. The van der Waals surface area contributed by atoms with Crippen molar-refractivity contribution < 1.29 is 4.74 Å². The Kier molecular flexibility index (Phi) is 5.97. The van der Waals surface area contributed by atoms with Crippen molar-refractivity contribution in [2.75, 3.05) is 13.2 Å². The summed E-state index contributed by atoms with van der Waals surface area (Å²) in [5.74, 6) is 0. The summed E-state index contributed by atoms with van der Waals surface area (Å²) in [4.78, 5) is 1.38. The summed E-state index contributed by atoms with van der Waals surface area (Å²) >= 11 is 1.79. The summed E-state index contributed by atoms with van der Waals surface area (Å²) in [5, 5.41) is 5.66. The minimum Gasteiger partial charge on any atom is -0.372 e. The summed E-state index contributed by atoms with van der Waals surface area (Å²) < 4.78 is 6.14. The van der Waals surface area contributed by atoms with Gasteiger partial charge in [-0.1, -0.05) is 36.4 Å². The molecular weight excluding hydrogens is 278 g/mol. The fourth-order valence-electron chi connectivity index (χ4n) is 2.10. The van der Waals surface area contributed by atoms with Gasteiger partial charge in [0, 0.05) is 23.4 Å². The fraction of sp³-hybridized carbons (Fsp3) is 0.444. The van der Waals surface area contributed by atoms with Gasteiger partial charge in [0.25, 0.3) is 0 Å². The molecule has 1 aromatic carbocycles. The van der Waals surface area contributed by atoms with Gasteiger partial charge in [-0.25, -0.2) is 0 Å². The highest BCUT2D eigenvalue weighted by atomic mass is 32.1. The summed E-state index contributed by atoms with van der Waals surface area (Å²) in [7, 11) is 0. The Balaban J connectivity index is 1.91. The highest BCUT2D eigenvalue weighted by Gasteiger charge is 2.16. The lowest BCUT2D eigenvalue weighted by atomic mass is 10.1. The van der Waals surface area contributed by atoms with E-state index in [-0.39, 0.29) is 11.6 Å². The minimum absolute atomic E-state index is 0.101. The average Bonchev–Trinajstić information content (AvgIpc) is 2.95. The Labute approximate surface area is 132 Å². The molecule has 21 heavy (non-hydrogen) atoms. The number of thiophene rings is 1. The predicted molar refractivity (Wildman–Crippen MR) is 90.9 cm³/mol. The standard InChI is InChI=1S/C18H25NOS/c1-18(2,3)19-14-17(15-8-5-4-6-9-15)20-12-11-16-10-7-13-21-16/h4-10,13,17,19H,11-12,14H2,1-3H3. The van der Waals surface area contributed by atoms with Crippen molar-refractivity contribution in [2.24, 2.45) is 0 Å². The monoisotopic (exact) mass is 303 g/mol. The second-order valence-electron chi connectivity index (χ2n) is 6.23. The number of ether oxygens (including phenoxy) is 1. The van der Waals surface area contributed by atoms with Crippen LogP contribution in [0.2, 0.25) is 0 Å². The van der Waals surface area contributed by atoms with Gasteiger partial charge in [0.15, 0.2) is 0 Å². The van der Waals surface area contributed by atoms with Crippen LogP contribution in [0.3, 0.4) is 0 Å². The average molecular weight is 303 g/mol. The Morgan fingerprint density at radius 2 is 1.86 bits per heavy atom. The van der Waals surface area contributed by atoms with E-state index in [4.69, 9.17) is 4.74 Å². The first kappa shape index (κ1) is 16.2. The van der Waals surface area contributed by atoms with Crippen molar-refractivity contribution in [3.05, 3.63) is 58.3 Å². The number of rotatable bonds is 7. The van der Waals surface area contributed by atoms with Crippen LogP contribution >= 0.6 is 11.3 Å². The van der Waals surface area contributed by atoms with Gasteiger partial charge in [-0.3, -0.25) is 0 Å². The van der Waals surface area contributed by atoms with E-state index in [0.29, 0.717) is 0 Å². The first-order valence-corrected chi connectivity index (χ1v) is 8.36. The van der Waals surface area contributed by atoms with E-state index >= 15 is 0 Å². The SMILES string of the molecule is CC(C)(C)NCC(OCCc1cccs1)c1ccccc1. The van der Waals surface area contributed by atoms with Crippen LogP contribution in [-0.4, -0.2) is 18.7 Å². The largest absolute Gasteiger partial charge is 0.372 e. The van der Waals surface area contributed by atoms with Crippen LogP contribution in [0, 0.1) is 0 Å². The molecule has 2 aromatic rings. The summed E-state index contributed by atoms with van der Waals surface area (Å²) in [6, 6.07) is 14.7. The zero-order valence-electron chi connectivity index (χ0n) is 13.1. The van der Waals surface area contributed by atoms with Gasteiger partial charge in [0.2, 0.25) is 0 Å². The maximum Gasteiger partial charge on any atom is 0.0949 e. The normalized spacial score (nSPS) is 13.3. The van der Waals surface area contributed by atoms with E-state index in [1.54, 1.807) is 11.3 Å². The van der Waals surface area contributed by atoms with Gasteiger partial charge in [0.05, 0.1) is 12.7 Å². The molecule has 0 aliphatic heterocycles. The number of hydrogen-bond donors (Lipinski definition) is 1. The molecule has 1 heterocycles. The molecule has 0 saturated heterocycles. The Morgan fingerprint density at radius 3 is 2.48 bits per heavy atom. The molecule has 114 valence electrons. The fourth-order valence-corrected chi connectivity index (χ4v) is 2.79. The van der Waals surface area contributed by atoms with E-state index in [0.717, 1.165) is 19.6 Å². The number of nitrogens with one attached hydrogen (secondary N) is 1. The zero-order chi connectivity index (χ0) is 15.1. The molecule has 0 amide bonds. The molecule has 1 N–H and O–H groups in total. The molecule has 1 aromatic heterocycles. The van der Waals surface area contributed by atoms with E-state index in [1.807, 2.05) is 6.07 Å². The first-order chi connectivity index (χ1) is 10.0. The van der Waals surface area contributed by atoms with Crippen LogP contribution in [0.25, 0.3) is 0 Å². The molecule has 3 heteroatoms. The number of benzene rings is 1. The van der Waals surface area contributed by atoms with Crippen LogP contribution in [-0.2, 0) is 11.2 Å². The van der Waals surface area contributed by atoms with Crippen molar-refractivity contribution >= 4 is 11.3 Å². The van der Waals surface area contributed by atoms with Crippen molar-refractivity contribution in [3.63, 3.8) is 0 Å². The van der Waals surface area contributed by atoms with Crippen molar-refractivity contribution in [1.82, 2.24) is 5.32 Å². The van der Waals surface area contributed by atoms with Crippen LogP contribution in [0.15, 0.2) is 47.8 Å². The highest BCUT2D eigenvalue weighted by Crippen LogP contribution is 2.18. The van der Waals surface area contributed by atoms with Crippen molar-refractivity contribution in [3.8, 4) is 0 Å². The highest BCUT2D eigenvalue weighted by molar-refractivity contribution is 7.09. The lowest BCUT2D eigenvalue weighted by Gasteiger charge is -2.26. The third kappa shape index (κ3) is 6.00. The lowest BCUT2D eigenvalue weighted by Crippen LogP contribution is -2.39. The summed E-state index contributed by atoms with van der Waals surface area (Å²) in [6.07, 6.45) is 1.08. The summed E-state index contributed by atoms with van der Waals surface area (Å²) in [6.45, 7) is 8.13. The zero-order valence-corrected chi connectivity index (χ0v) is 14.0. The summed E-state index contributed by atoms with van der Waals surface area (Å²) in [5.41, 5.74) is 1.34. The first-order valence-electron chi connectivity index (χ1n) is 7.48.